The molecule has 0 bridgehead atoms. The molecule has 1 amide bonds. The quantitative estimate of drug-likeness (QED) is 0.344. The fraction of sp³-hybridized carbons (Fsp3) is 0.160. The predicted molar refractivity (Wildman–Crippen MR) is 131 cm³/mol. The Morgan fingerprint density at radius 2 is 1.94 bits per heavy atom. The third kappa shape index (κ3) is 5.11. The van der Waals surface area contributed by atoms with Crippen LogP contribution < -0.4 is 10.5 Å². The van der Waals surface area contributed by atoms with E-state index in [1.807, 2.05) is 18.2 Å². The summed E-state index contributed by atoms with van der Waals surface area (Å²) >= 11 is 5.94. The molecule has 0 aliphatic heterocycles. The van der Waals surface area contributed by atoms with Crippen LogP contribution in [0.1, 0.15) is 18.6 Å². The van der Waals surface area contributed by atoms with Crippen molar-refractivity contribution in [1.82, 2.24) is 19.9 Å². The van der Waals surface area contributed by atoms with Gasteiger partial charge >= 0.3 is 6.09 Å². The van der Waals surface area contributed by atoms with Gasteiger partial charge in [-0.15, -0.1) is 0 Å². The summed E-state index contributed by atoms with van der Waals surface area (Å²) in [5.41, 5.74) is 7.87. The summed E-state index contributed by atoms with van der Waals surface area (Å²) in [5.74, 6) is -0.485. The molecule has 0 radical (unpaired) electrons. The summed E-state index contributed by atoms with van der Waals surface area (Å²) in [5, 5.41) is 10.6. The fourth-order valence-corrected chi connectivity index (χ4v) is 3.74. The number of nitrogens with one attached hydrogen (secondary N) is 1. The molecule has 0 aliphatic carbocycles. The second kappa shape index (κ2) is 10.1. The lowest BCUT2D eigenvalue weighted by Crippen LogP contribution is -2.40. The lowest BCUT2D eigenvalue weighted by Gasteiger charge is -2.28. The average molecular weight is 496 g/mol. The number of hydrogen-bond acceptors (Lipinski definition) is 6. The second-order valence-electron chi connectivity index (χ2n) is 7.92. The van der Waals surface area contributed by atoms with Crippen LogP contribution in [0.4, 0.5) is 15.1 Å². The van der Waals surface area contributed by atoms with Crippen LogP contribution in [0.15, 0.2) is 67.0 Å². The molecule has 10 heteroatoms. The molecule has 2 heterocycles. The molecule has 0 saturated heterocycles. The minimum absolute atomic E-state index is 0.00520. The van der Waals surface area contributed by atoms with E-state index >= 15 is 0 Å². The molecule has 0 fully saturated rings. The molecular weight excluding hydrogens is 473 g/mol. The van der Waals surface area contributed by atoms with Gasteiger partial charge in [0.25, 0.3) is 0 Å². The maximum absolute atomic E-state index is 14.7. The van der Waals surface area contributed by atoms with Gasteiger partial charge in [0.05, 0.1) is 22.9 Å². The first-order chi connectivity index (χ1) is 16.8. The molecule has 0 saturated carbocycles. The topological polar surface area (TPSA) is 117 Å². The summed E-state index contributed by atoms with van der Waals surface area (Å²) < 4.78 is 20.1. The van der Waals surface area contributed by atoms with Crippen LogP contribution in [0.5, 0.6) is 5.88 Å². The molecule has 2 atom stereocenters. The van der Waals surface area contributed by atoms with Crippen LogP contribution in [0.25, 0.3) is 22.4 Å². The number of carbonyl (C=O) groups is 1. The molecule has 2 aromatic carbocycles. The van der Waals surface area contributed by atoms with E-state index in [9.17, 15) is 14.3 Å². The summed E-state index contributed by atoms with van der Waals surface area (Å²) in [7, 11) is 1.54. The van der Waals surface area contributed by atoms with Crippen molar-refractivity contribution in [3.63, 3.8) is 0 Å². The Balaban J connectivity index is 1.56. The monoisotopic (exact) mass is 495 g/mol. The number of hydrogen-bond donors (Lipinski definition) is 3. The Bertz CT molecular complexity index is 1350. The van der Waals surface area contributed by atoms with E-state index in [4.69, 9.17) is 22.1 Å². The summed E-state index contributed by atoms with van der Waals surface area (Å²) in [6.45, 7) is 1.72. The number of aromatic nitrogens is 3. The average Bonchev–Trinajstić information content (AvgIpc) is 3.33. The third-order valence-corrected chi connectivity index (χ3v) is 5.97. The molecule has 35 heavy (non-hydrogen) atoms. The Morgan fingerprint density at radius 3 is 2.69 bits per heavy atom. The van der Waals surface area contributed by atoms with Gasteiger partial charge in [-0.05, 0) is 18.6 Å². The predicted octanol–water partition coefficient (Wildman–Crippen LogP) is 5.07. The summed E-state index contributed by atoms with van der Waals surface area (Å²) in [6, 6.07) is 14.6. The molecule has 2 unspecified atom stereocenters. The number of aromatic amines is 1. The molecule has 4 rings (SSSR count). The van der Waals surface area contributed by atoms with E-state index in [-0.39, 0.29) is 22.4 Å². The van der Waals surface area contributed by atoms with Crippen LogP contribution in [-0.4, -0.2) is 44.1 Å². The Labute approximate surface area is 206 Å². The summed E-state index contributed by atoms with van der Waals surface area (Å²) in [6.07, 6.45) is 1.39. The zero-order valence-electron chi connectivity index (χ0n) is 18.9. The molecule has 2 aromatic heterocycles. The van der Waals surface area contributed by atoms with Gasteiger partial charge in [0.1, 0.15) is 5.82 Å². The number of ether oxygens (including phenoxy) is 1. The second-order valence-corrected chi connectivity index (χ2v) is 8.33. The number of halogens is 2. The van der Waals surface area contributed by atoms with Gasteiger partial charge in [-0.2, -0.15) is 0 Å². The number of benzene rings is 2. The van der Waals surface area contributed by atoms with Gasteiger partial charge in [0.15, 0.2) is 0 Å². The Kier molecular flexibility index (Phi) is 6.99. The normalized spacial score (nSPS) is 12.7. The minimum Gasteiger partial charge on any atom is -0.393 e. The number of H-pyrrole nitrogens is 1. The zero-order valence-corrected chi connectivity index (χ0v) is 19.7. The lowest BCUT2D eigenvalue weighted by molar-refractivity contribution is 0.0702. The third-order valence-electron chi connectivity index (χ3n) is 5.67. The summed E-state index contributed by atoms with van der Waals surface area (Å²) in [4.78, 5) is 25.1. The van der Waals surface area contributed by atoms with Gasteiger partial charge < -0.3 is 25.5 Å². The molecule has 4 aromatic rings. The first-order valence-electron chi connectivity index (χ1n) is 10.7. The Hall–Kier alpha value is -3.95. The van der Waals surface area contributed by atoms with E-state index in [1.54, 1.807) is 37.4 Å². The highest BCUT2D eigenvalue weighted by Crippen LogP contribution is 2.35. The molecule has 0 aliphatic rings. The van der Waals surface area contributed by atoms with Crippen molar-refractivity contribution < 1.29 is 19.0 Å². The lowest BCUT2D eigenvalue weighted by atomic mass is 10.0. The number of nitrogen functional groups attached to an aromatic ring is 1. The zero-order chi connectivity index (χ0) is 25.1. The van der Waals surface area contributed by atoms with Crippen molar-refractivity contribution in [3.05, 3.63) is 83.4 Å². The number of anilines is 1. The van der Waals surface area contributed by atoms with Crippen LogP contribution >= 0.6 is 11.6 Å². The van der Waals surface area contributed by atoms with Gasteiger partial charge in [0, 0.05) is 42.2 Å². The number of likely N-dealkylation sites (N-methyl/N-ethyl adjacent to an activating group) is 1. The molecule has 0 spiro atoms. The van der Waals surface area contributed by atoms with Gasteiger partial charge in [-0.3, -0.25) is 0 Å². The van der Waals surface area contributed by atoms with Gasteiger partial charge in [0.2, 0.25) is 11.8 Å². The van der Waals surface area contributed by atoms with Crippen LogP contribution in [0.2, 0.25) is 5.02 Å². The highest BCUT2D eigenvalue weighted by molar-refractivity contribution is 6.31. The highest BCUT2D eigenvalue weighted by atomic mass is 35.5. The molecule has 180 valence electrons. The fourth-order valence-electron chi connectivity index (χ4n) is 3.57. The number of aliphatic hydroxyl groups excluding tert-OH is 1. The maximum Gasteiger partial charge on any atom is 0.416 e. The molecule has 4 N–H and O–H groups in total. The number of rotatable bonds is 6. The first kappa shape index (κ1) is 24.2. The van der Waals surface area contributed by atoms with E-state index in [1.165, 1.54) is 30.3 Å². The molecule has 8 nitrogen and oxygen atoms in total. The van der Waals surface area contributed by atoms with Crippen molar-refractivity contribution in [2.75, 3.05) is 12.8 Å². The standard InChI is InChI=1S/C25H23ClFN5O3/c1-14(23(33)15-7-4-3-5-8-15)32(2)25(34)35-20-11-16(12-29-20)22-18(13-30-24(28)31-22)17-9-6-10-19(26)21(17)27/h3-14,23,29,33H,1-2H3,(H2,28,30,31). The van der Waals surface area contributed by atoms with Crippen molar-refractivity contribution in [2.24, 2.45) is 0 Å². The Morgan fingerprint density at radius 1 is 1.20 bits per heavy atom. The van der Waals surface area contributed by atoms with Crippen molar-refractivity contribution >= 4 is 23.6 Å². The SMILES string of the molecule is CC(C(O)c1ccccc1)N(C)C(=O)Oc1cc(-c2nc(N)ncc2-c2cccc(Cl)c2F)c[nH]1. The van der Waals surface area contributed by atoms with E-state index in [0.717, 1.165) is 0 Å². The van der Waals surface area contributed by atoms with E-state index in [2.05, 4.69) is 15.0 Å². The van der Waals surface area contributed by atoms with Crippen molar-refractivity contribution in [3.8, 4) is 28.3 Å². The van der Waals surface area contributed by atoms with Gasteiger partial charge in [-0.25, -0.2) is 19.2 Å². The van der Waals surface area contributed by atoms with E-state index < -0.39 is 24.1 Å². The molecular formula is C25H23ClFN5O3. The first-order valence-corrected chi connectivity index (χ1v) is 11.1. The highest BCUT2D eigenvalue weighted by Gasteiger charge is 2.26. The largest absolute Gasteiger partial charge is 0.416 e. The number of amides is 1. The van der Waals surface area contributed by atoms with E-state index in [0.29, 0.717) is 22.4 Å². The van der Waals surface area contributed by atoms with Crippen LogP contribution in [-0.2, 0) is 0 Å². The smallest absolute Gasteiger partial charge is 0.393 e. The van der Waals surface area contributed by atoms with Crippen LogP contribution in [0.3, 0.4) is 0 Å². The van der Waals surface area contributed by atoms with Crippen molar-refractivity contribution in [1.29, 1.82) is 0 Å². The van der Waals surface area contributed by atoms with Gasteiger partial charge in [-0.1, -0.05) is 54.1 Å². The number of carbonyl (C=O) groups excluding carboxylic acids is 1. The number of nitrogens with two attached hydrogens (primary N) is 1. The number of nitrogens with zero attached hydrogens (tertiary/aromatic N) is 3. The van der Waals surface area contributed by atoms with Crippen LogP contribution in [0, 0.1) is 5.82 Å². The maximum atomic E-state index is 14.7. The van der Waals surface area contributed by atoms with Crippen molar-refractivity contribution in [2.45, 2.75) is 19.1 Å². The number of aliphatic hydroxyl groups is 1. The minimum atomic E-state index is -0.896.